The molecule has 2 aromatic carbocycles. The van der Waals surface area contributed by atoms with Crippen molar-refractivity contribution in [2.45, 2.75) is 0 Å². The molecule has 0 saturated carbocycles. The first-order valence-corrected chi connectivity index (χ1v) is 7.18. The van der Waals surface area contributed by atoms with E-state index in [2.05, 4.69) is 31.9 Å². The third kappa shape index (κ3) is 5.17. The molecule has 0 bridgehead atoms. The largest absolute Gasteiger partial charge is 0.329 e. The molecule has 0 aromatic heterocycles. The standard InChI is InChI=1S/C15H13BrFN3O2/c16-10-4-6-12(7-5-10)19-14(21)9-18-15(22)20-13-3-1-2-11(17)8-13/h1-8H,9H2,(H,19,21)(H2,18,20,22). The molecule has 0 aliphatic heterocycles. The van der Waals surface area contributed by atoms with Gasteiger partial charge in [-0.25, -0.2) is 9.18 Å². The minimum atomic E-state index is -0.587. The van der Waals surface area contributed by atoms with Crippen molar-refractivity contribution >= 4 is 39.2 Å². The molecular weight excluding hydrogens is 353 g/mol. The van der Waals surface area contributed by atoms with Gasteiger partial charge in [-0.1, -0.05) is 22.0 Å². The molecule has 7 heteroatoms. The Morgan fingerprint density at radius 2 is 1.73 bits per heavy atom. The minimum Gasteiger partial charge on any atom is -0.329 e. The van der Waals surface area contributed by atoms with E-state index in [9.17, 15) is 14.0 Å². The summed E-state index contributed by atoms with van der Waals surface area (Å²) in [5, 5.41) is 7.46. The number of amides is 3. The number of urea groups is 1. The SMILES string of the molecule is O=C(CNC(=O)Nc1cccc(F)c1)Nc1ccc(Br)cc1. The summed E-state index contributed by atoms with van der Waals surface area (Å²) in [7, 11) is 0. The fourth-order valence-electron chi connectivity index (χ4n) is 1.64. The van der Waals surface area contributed by atoms with Gasteiger partial charge in [0.2, 0.25) is 5.91 Å². The van der Waals surface area contributed by atoms with Crippen LogP contribution in [0.25, 0.3) is 0 Å². The molecule has 0 aliphatic carbocycles. The van der Waals surface area contributed by atoms with E-state index in [0.717, 1.165) is 4.47 Å². The number of carbonyl (C=O) groups is 2. The van der Waals surface area contributed by atoms with Gasteiger partial charge >= 0.3 is 6.03 Å². The van der Waals surface area contributed by atoms with Crippen molar-refractivity contribution in [1.82, 2.24) is 5.32 Å². The van der Waals surface area contributed by atoms with E-state index in [-0.39, 0.29) is 12.5 Å². The summed E-state index contributed by atoms with van der Waals surface area (Å²) < 4.78 is 13.9. The van der Waals surface area contributed by atoms with Gasteiger partial charge < -0.3 is 16.0 Å². The molecule has 5 nitrogen and oxygen atoms in total. The Bertz CT molecular complexity index is 677. The van der Waals surface area contributed by atoms with Gasteiger partial charge in [0.15, 0.2) is 0 Å². The number of benzene rings is 2. The van der Waals surface area contributed by atoms with Crippen molar-refractivity contribution in [1.29, 1.82) is 0 Å². The lowest BCUT2D eigenvalue weighted by Crippen LogP contribution is -2.35. The van der Waals surface area contributed by atoms with Gasteiger partial charge in [-0.15, -0.1) is 0 Å². The number of hydrogen-bond acceptors (Lipinski definition) is 2. The Balaban J connectivity index is 1.78. The summed E-state index contributed by atoms with van der Waals surface area (Å²) >= 11 is 3.29. The van der Waals surface area contributed by atoms with Crippen LogP contribution in [0.5, 0.6) is 0 Å². The topological polar surface area (TPSA) is 70.2 Å². The van der Waals surface area contributed by atoms with Crippen molar-refractivity contribution in [3.05, 3.63) is 58.8 Å². The van der Waals surface area contributed by atoms with Crippen LogP contribution < -0.4 is 16.0 Å². The quantitative estimate of drug-likeness (QED) is 0.777. The zero-order valence-corrected chi connectivity index (χ0v) is 13.0. The zero-order chi connectivity index (χ0) is 15.9. The number of carbonyl (C=O) groups excluding carboxylic acids is 2. The maximum Gasteiger partial charge on any atom is 0.319 e. The zero-order valence-electron chi connectivity index (χ0n) is 11.4. The molecule has 0 spiro atoms. The Hall–Kier alpha value is -2.41. The van der Waals surface area contributed by atoms with Crippen molar-refractivity contribution in [2.24, 2.45) is 0 Å². The van der Waals surface area contributed by atoms with Crippen LogP contribution in [0.4, 0.5) is 20.6 Å². The molecule has 0 fully saturated rings. The first-order valence-electron chi connectivity index (χ1n) is 6.39. The molecule has 2 aromatic rings. The molecule has 3 amide bonds. The van der Waals surface area contributed by atoms with Crippen LogP contribution in [-0.2, 0) is 4.79 Å². The normalized spacial score (nSPS) is 9.91. The van der Waals surface area contributed by atoms with Crippen molar-refractivity contribution in [3.8, 4) is 0 Å². The lowest BCUT2D eigenvalue weighted by Gasteiger charge is -2.08. The van der Waals surface area contributed by atoms with E-state index in [1.54, 1.807) is 30.3 Å². The van der Waals surface area contributed by atoms with Gasteiger partial charge in [-0.3, -0.25) is 4.79 Å². The molecule has 3 N–H and O–H groups in total. The molecule has 114 valence electrons. The number of nitrogens with one attached hydrogen (secondary N) is 3. The average molecular weight is 366 g/mol. The number of rotatable bonds is 4. The molecule has 0 saturated heterocycles. The highest BCUT2D eigenvalue weighted by Gasteiger charge is 2.06. The predicted molar refractivity (Wildman–Crippen MR) is 86.2 cm³/mol. The molecule has 2 rings (SSSR count). The summed E-state index contributed by atoms with van der Waals surface area (Å²) in [6.45, 7) is -0.197. The van der Waals surface area contributed by atoms with Crippen LogP contribution in [-0.4, -0.2) is 18.5 Å². The van der Waals surface area contributed by atoms with E-state index < -0.39 is 11.8 Å². The third-order valence-corrected chi connectivity index (χ3v) is 3.15. The molecule has 0 aliphatic rings. The molecule has 0 atom stereocenters. The Labute approximate surface area is 135 Å². The lowest BCUT2D eigenvalue weighted by molar-refractivity contribution is -0.115. The summed E-state index contributed by atoms with van der Waals surface area (Å²) in [6, 6.07) is 11.9. The van der Waals surface area contributed by atoms with Crippen molar-refractivity contribution in [2.75, 3.05) is 17.2 Å². The monoisotopic (exact) mass is 365 g/mol. The first-order chi connectivity index (χ1) is 10.5. The molecule has 0 heterocycles. The highest BCUT2D eigenvalue weighted by Crippen LogP contribution is 2.13. The Kier molecular flexibility index (Phi) is 5.48. The van der Waals surface area contributed by atoms with Crippen LogP contribution in [0, 0.1) is 5.82 Å². The maximum atomic E-state index is 13.0. The fraction of sp³-hybridized carbons (Fsp3) is 0.0667. The van der Waals surface area contributed by atoms with E-state index in [0.29, 0.717) is 11.4 Å². The van der Waals surface area contributed by atoms with Crippen LogP contribution in [0.15, 0.2) is 53.0 Å². The number of hydrogen-bond donors (Lipinski definition) is 3. The smallest absolute Gasteiger partial charge is 0.319 e. The molecule has 0 radical (unpaired) electrons. The summed E-state index contributed by atoms with van der Waals surface area (Å²) in [4.78, 5) is 23.3. The minimum absolute atomic E-state index is 0.197. The van der Waals surface area contributed by atoms with Crippen molar-refractivity contribution < 1.29 is 14.0 Å². The number of halogens is 2. The predicted octanol–water partition coefficient (Wildman–Crippen LogP) is 3.35. The Morgan fingerprint density at radius 3 is 2.41 bits per heavy atom. The fourth-order valence-corrected chi connectivity index (χ4v) is 1.90. The lowest BCUT2D eigenvalue weighted by atomic mass is 10.3. The van der Waals surface area contributed by atoms with Gasteiger partial charge in [0.05, 0.1) is 6.54 Å². The second kappa shape index (κ2) is 7.56. The average Bonchev–Trinajstić information content (AvgIpc) is 2.48. The highest BCUT2D eigenvalue weighted by molar-refractivity contribution is 9.10. The second-order valence-corrected chi connectivity index (χ2v) is 5.29. The summed E-state index contributed by atoms with van der Waals surface area (Å²) in [5.41, 5.74) is 0.936. The van der Waals surface area contributed by atoms with Crippen molar-refractivity contribution in [3.63, 3.8) is 0 Å². The van der Waals surface area contributed by atoms with E-state index in [4.69, 9.17) is 0 Å². The van der Waals surface area contributed by atoms with E-state index >= 15 is 0 Å². The van der Waals surface area contributed by atoms with Crippen LogP contribution >= 0.6 is 15.9 Å². The van der Waals surface area contributed by atoms with Crippen LogP contribution in [0.3, 0.4) is 0 Å². The molecular formula is C15H13BrFN3O2. The maximum absolute atomic E-state index is 13.0. The number of anilines is 2. The van der Waals surface area contributed by atoms with Crippen LogP contribution in [0.2, 0.25) is 0 Å². The van der Waals surface area contributed by atoms with E-state index in [1.807, 2.05) is 0 Å². The van der Waals surface area contributed by atoms with Gasteiger partial charge in [-0.05, 0) is 42.5 Å². The van der Waals surface area contributed by atoms with Gasteiger partial charge in [0, 0.05) is 15.8 Å². The summed E-state index contributed by atoms with van der Waals surface area (Å²) in [6.07, 6.45) is 0. The second-order valence-electron chi connectivity index (χ2n) is 4.37. The first kappa shape index (κ1) is 16.0. The summed E-state index contributed by atoms with van der Waals surface area (Å²) in [5.74, 6) is -0.817. The van der Waals surface area contributed by atoms with Gasteiger partial charge in [0.1, 0.15) is 5.82 Å². The van der Waals surface area contributed by atoms with Crippen LogP contribution in [0.1, 0.15) is 0 Å². The third-order valence-electron chi connectivity index (χ3n) is 2.62. The van der Waals surface area contributed by atoms with Gasteiger partial charge in [0.25, 0.3) is 0 Å². The highest BCUT2D eigenvalue weighted by atomic mass is 79.9. The van der Waals surface area contributed by atoms with E-state index in [1.165, 1.54) is 18.2 Å². The molecule has 0 unspecified atom stereocenters. The Morgan fingerprint density at radius 1 is 1.00 bits per heavy atom. The molecule has 22 heavy (non-hydrogen) atoms. The van der Waals surface area contributed by atoms with Gasteiger partial charge in [-0.2, -0.15) is 0 Å².